The summed E-state index contributed by atoms with van der Waals surface area (Å²) in [6.07, 6.45) is 0. The zero-order valence-corrected chi connectivity index (χ0v) is 14.4. The van der Waals surface area contributed by atoms with E-state index in [1.807, 2.05) is 42.5 Å². The van der Waals surface area contributed by atoms with Gasteiger partial charge >= 0.3 is 0 Å². The molecule has 2 N–H and O–H groups in total. The van der Waals surface area contributed by atoms with E-state index in [0.717, 1.165) is 15.8 Å². The average Bonchev–Trinajstić information content (AvgIpc) is 2.88. The molecule has 0 saturated carbocycles. The van der Waals surface area contributed by atoms with Gasteiger partial charge in [-0.05, 0) is 18.6 Å². The van der Waals surface area contributed by atoms with Crippen LogP contribution in [0.3, 0.4) is 0 Å². The van der Waals surface area contributed by atoms with E-state index in [0.29, 0.717) is 11.0 Å². The highest BCUT2D eigenvalue weighted by atomic mass is 79.9. The molecule has 112 valence electrons. The summed E-state index contributed by atoms with van der Waals surface area (Å²) in [5.41, 5.74) is 3.37. The van der Waals surface area contributed by atoms with Gasteiger partial charge in [-0.2, -0.15) is 0 Å². The summed E-state index contributed by atoms with van der Waals surface area (Å²) in [5.74, 6) is 7.59. The smallest absolute Gasteiger partial charge is 0.210 e. The second kappa shape index (κ2) is 6.54. The highest BCUT2D eigenvalue weighted by Crippen LogP contribution is 2.27. The molecule has 3 rings (SSSR count). The molecule has 0 aliphatic carbocycles. The fraction of sp³-hybridized carbons (Fsp3) is 0.125. The molecule has 0 aliphatic heterocycles. The van der Waals surface area contributed by atoms with Crippen molar-refractivity contribution in [2.24, 2.45) is 0 Å². The van der Waals surface area contributed by atoms with Crippen molar-refractivity contribution in [2.75, 3.05) is 5.84 Å². The number of hydrogen-bond donors (Lipinski definition) is 1. The number of rotatable bonds is 4. The van der Waals surface area contributed by atoms with Gasteiger partial charge in [0.25, 0.3) is 0 Å². The zero-order chi connectivity index (χ0) is 15.5. The van der Waals surface area contributed by atoms with Gasteiger partial charge in [0.15, 0.2) is 5.82 Å². The van der Waals surface area contributed by atoms with Crippen molar-refractivity contribution >= 4 is 27.7 Å². The molecule has 0 spiro atoms. The Morgan fingerprint density at radius 1 is 1.09 bits per heavy atom. The van der Waals surface area contributed by atoms with E-state index in [1.54, 1.807) is 16.4 Å². The van der Waals surface area contributed by atoms with Gasteiger partial charge in [0, 0.05) is 15.8 Å². The molecule has 1 aromatic heterocycles. The first-order valence-electron chi connectivity index (χ1n) is 6.79. The summed E-state index contributed by atoms with van der Waals surface area (Å²) < 4.78 is 2.64. The Morgan fingerprint density at radius 2 is 1.82 bits per heavy atom. The van der Waals surface area contributed by atoms with Crippen molar-refractivity contribution in [3.63, 3.8) is 0 Å². The predicted molar refractivity (Wildman–Crippen MR) is 94.0 cm³/mol. The van der Waals surface area contributed by atoms with Crippen LogP contribution in [0.25, 0.3) is 11.4 Å². The minimum Gasteiger partial charge on any atom is -0.335 e. The van der Waals surface area contributed by atoms with Crippen molar-refractivity contribution in [3.8, 4) is 11.4 Å². The Balaban J connectivity index is 1.79. The summed E-state index contributed by atoms with van der Waals surface area (Å²) in [4.78, 5) is 0. The molecular weight excluding hydrogens is 360 g/mol. The average molecular weight is 375 g/mol. The molecule has 0 aliphatic rings. The van der Waals surface area contributed by atoms with Gasteiger partial charge in [-0.3, -0.25) is 0 Å². The number of halogens is 1. The monoisotopic (exact) mass is 374 g/mol. The van der Waals surface area contributed by atoms with E-state index in [-0.39, 0.29) is 0 Å². The molecule has 22 heavy (non-hydrogen) atoms. The zero-order valence-electron chi connectivity index (χ0n) is 12.0. The summed E-state index contributed by atoms with van der Waals surface area (Å²) in [6, 6.07) is 16.2. The normalized spacial score (nSPS) is 10.8. The maximum Gasteiger partial charge on any atom is 0.210 e. The van der Waals surface area contributed by atoms with Crippen molar-refractivity contribution in [1.82, 2.24) is 14.9 Å². The van der Waals surface area contributed by atoms with E-state index < -0.39 is 0 Å². The van der Waals surface area contributed by atoms with Gasteiger partial charge in [-0.25, -0.2) is 4.68 Å². The lowest BCUT2D eigenvalue weighted by Gasteiger charge is -2.05. The van der Waals surface area contributed by atoms with E-state index in [2.05, 4.69) is 39.1 Å². The number of nitrogens with zero attached hydrogens (tertiary/aromatic N) is 3. The molecule has 3 aromatic rings. The standard InChI is InChI=1S/C16H15BrN4S/c1-11-6-8-12(9-7-11)15-19-20-16(21(15)18)22-10-13-4-2-3-5-14(13)17/h2-9H,10,18H2,1H3. The maximum absolute atomic E-state index is 6.13. The van der Waals surface area contributed by atoms with Crippen LogP contribution in [0, 0.1) is 6.92 Å². The Morgan fingerprint density at radius 3 is 2.55 bits per heavy atom. The third-order valence-electron chi connectivity index (χ3n) is 3.29. The summed E-state index contributed by atoms with van der Waals surface area (Å²) >= 11 is 5.12. The topological polar surface area (TPSA) is 56.7 Å². The van der Waals surface area contributed by atoms with Gasteiger partial charge in [0.2, 0.25) is 5.16 Å². The molecule has 0 amide bonds. The molecule has 0 radical (unpaired) electrons. The van der Waals surface area contributed by atoms with E-state index >= 15 is 0 Å². The van der Waals surface area contributed by atoms with Crippen LogP contribution in [-0.4, -0.2) is 14.9 Å². The third kappa shape index (κ3) is 3.18. The molecule has 0 atom stereocenters. The SMILES string of the molecule is Cc1ccc(-c2nnc(SCc3ccccc3Br)n2N)cc1. The van der Waals surface area contributed by atoms with Crippen molar-refractivity contribution in [1.29, 1.82) is 0 Å². The van der Waals surface area contributed by atoms with Gasteiger partial charge < -0.3 is 5.84 Å². The van der Waals surface area contributed by atoms with Crippen LogP contribution in [0.1, 0.15) is 11.1 Å². The van der Waals surface area contributed by atoms with E-state index in [1.165, 1.54) is 11.1 Å². The van der Waals surface area contributed by atoms with Crippen LogP contribution in [0.4, 0.5) is 0 Å². The molecule has 6 heteroatoms. The first-order chi connectivity index (χ1) is 10.6. The number of aryl methyl sites for hydroxylation is 1. The number of thioether (sulfide) groups is 1. The molecule has 0 bridgehead atoms. The molecule has 0 unspecified atom stereocenters. The lowest BCUT2D eigenvalue weighted by atomic mass is 10.1. The number of hydrogen-bond acceptors (Lipinski definition) is 4. The Hall–Kier alpha value is -1.79. The highest BCUT2D eigenvalue weighted by Gasteiger charge is 2.12. The van der Waals surface area contributed by atoms with Crippen LogP contribution in [0.5, 0.6) is 0 Å². The van der Waals surface area contributed by atoms with Crippen LogP contribution < -0.4 is 5.84 Å². The number of aromatic nitrogens is 3. The van der Waals surface area contributed by atoms with Crippen molar-refractivity contribution in [2.45, 2.75) is 17.8 Å². The van der Waals surface area contributed by atoms with Crippen LogP contribution in [0.15, 0.2) is 58.2 Å². The van der Waals surface area contributed by atoms with Gasteiger partial charge in [-0.1, -0.05) is 75.7 Å². The summed E-state index contributed by atoms with van der Waals surface area (Å²) in [7, 11) is 0. The predicted octanol–water partition coefficient (Wildman–Crippen LogP) is 4.02. The fourth-order valence-electron chi connectivity index (χ4n) is 2.03. The largest absolute Gasteiger partial charge is 0.335 e. The van der Waals surface area contributed by atoms with Crippen LogP contribution in [0.2, 0.25) is 0 Å². The van der Waals surface area contributed by atoms with Crippen molar-refractivity contribution < 1.29 is 0 Å². The summed E-state index contributed by atoms with van der Waals surface area (Å²) in [6.45, 7) is 2.05. The van der Waals surface area contributed by atoms with Crippen LogP contribution >= 0.6 is 27.7 Å². The number of nitrogen functional groups attached to an aromatic ring is 1. The molecule has 1 heterocycles. The lowest BCUT2D eigenvalue weighted by molar-refractivity contribution is 0.849. The minimum atomic E-state index is 0.676. The number of nitrogens with two attached hydrogens (primary N) is 1. The van der Waals surface area contributed by atoms with E-state index in [4.69, 9.17) is 5.84 Å². The maximum atomic E-state index is 6.13. The fourth-order valence-corrected chi connectivity index (χ4v) is 3.50. The quantitative estimate of drug-likeness (QED) is 0.553. The van der Waals surface area contributed by atoms with Crippen molar-refractivity contribution in [3.05, 3.63) is 64.1 Å². The second-order valence-electron chi connectivity index (χ2n) is 4.92. The summed E-state index contributed by atoms with van der Waals surface area (Å²) in [5, 5.41) is 9.10. The van der Waals surface area contributed by atoms with Gasteiger partial charge in [0.05, 0.1) is 0 Å². The first kappa shape index (κ1) is 15.1. The molecule has 2 aromatic carbocycles. The highest BCUT2D eigenvalue weighted by molar-refractivity contribution is 9.10. The number of benzene rings is 2. The van der Waals surface area contributed by atoms with Gasteiger partial charge in [-0.15, -0.1) is 10.2 Å². The van der Waals surface area contributed by atoms with E-state index in [9.17, 15) is 0 Å². The Bertz CT molecular complexity index is 783. The van der Waals surface area contributed by atoms with Gasteiger partial charge in [0.1, 0.15) is 0 Å². The first-order valence-corrected chi connectivity index (χ1v) is 8.57. The Labute approximate surface area is 141 Å². The Kier molecular flexibility index (Phi) is 4.49. The lowest BCUT2D eigenvalue weighted by Crippen LogP contribution is -2.11. The molecule has 0 saturated heterocycles. The second-order valence-corrected chi connectivity index (χ2v) is 6.72. The molecule has 4 nitrogen and oxygen atoms in total. The molecular formula is C16H15BrN4S. The minimum absolute atomic E-state index is 0.676. The van der Waals surface area contributed by atoms with Crippen LogP contribution in [-0.2, 0) is 5.75 Å². The molecule has 0 fully saturated rings. The third-order valence-corrected chi connectivity index (χ3v) is 5.05.